The predicted molar refractivity (Wildman–Crippen MR) is 124 cm³/mol. The molecule has 0 atom stereocenters. The third-order valence-electron chi connectivity index (χ3n) is 4.61. The molecule has 0 unspecified atom stereocenters. The molecule has 0 fully saturated rings. The van der Waals surface area contributed by atoms with Crippen molar-refractivity contribution in [3.05, 3.63) is 94.5 Å². The number of hydrogen-bond acceptors (Lipinski definition) is 4. The summed E-state index contributed by atoms with van der Waals surface area (Å²) in [7, 11) is -4.14. The number of carbonyl (C=O) groups is 1. The number of amides is 1. The number of nitrogens with one attached hydrogen (secondary N) is 1. The summed E-state index contributed by atoms with van der Waals surface area (Å²) < 4.78 is 65.9. The van der Waals surface area contributed by atoms with Crippen molar-refractivity contribution in [2.24, 2.45) is 5.10 Å². The zero-order valence-electron chi connectivity index (χ0n) is 17.8. The van der Waals surface area contributed by atoms with Gasteiger partial charge in [-0.2, -0.15) is 18.3 Å². The zero-order valence-corrected chi connectivity index (χ0v) is 19.3. The lowest BCUT2D eigenvalue weighted by atomic mass is 10.1. The van der Waals surface area contributed by atoms with Gasteiger partial charge in [0.2, 0.25) is 0 Å². The van der Waals surface area contributed by atoms with E-state index in [1.54, 1.807) is 31.2 Å². The fraction of sp³-hybridized carbons (Fsp3) is 0.130. The number of hydrazone groups is 1. The lowest BCUT2D eigenvalue weighted by Gasteiger charge is -2.24. The summed E-state index contributed by atoms with van der Waals surface area (Å²) in [5.74, 6) is -0.807. The molecule has 3 aromatic rings. The average molecular weight is 510 g/mol. The van der Waals surface area contributed by atoms with Crippen LogP contribution in [-0.4, -0.2) is 27.1 Å². The van der Waals surface area contributed by atoms with E-state index in [1.807, 2.05) is 0 Å². The summed E-state index contributed by atoms with van der Waals surface area (Å²) in [6.45, 7) is 1.16. The third kappa shape index (κ3) is 6.36. The van der Waals surface area contributed by atoms with E-state index in [0.29, 0.717) is 0 Å². The van der Waals surface area contributed by atoms with E-state index in [1.165, 1.54) is 36.4 Å². The summed E-state index contributed by atoms with van der Waals surface area (Å²) >= 11 is 6.01. The number of carbonyl (C=O) groups excluding carboxylic acids is 1. The van der Waals surface area contributed by atoms with Crippen LogP contribution in [0.25, 0.3) is 0 Å². The molecule has 0 aliphatic carbocycles. The van der Waals surface area contributed by atoms with Crippen LogP contribution in [0.15, 0.2) is 82.8 Å². The topological polar surface area (TPSA) is 78.8 Å². The Kier molecular flexibility index (Phi) is 7.63. The monoisotopic (exact) mass is 509 g/mol. The average Bonchev–Trinajstić information content (AvgIpc) is 2.77. The normalized spacial score (nSPS) is 12.0. The van der Waals surface area contributed by atoms with E-state index in [9.17, 15) is 26.4 Å². The third-order valence-corrected chi connectivity index (χ3v) is 6.63. The first-order chi connectivity index (χ1) is 16.0. The number of hydrogen-bond donors (Lipinski definition) is 1. The number of anilines is 1. The van der Waals surface area contributed by atoms with E-state index in [2.05, 4.69) is 10.5 Å². The summed E-state index contributed by atoms with van der Waals surface area (Å²) in [4.78, 5) is 12.5. The van der Waals surface area contributed by atoms with Gasteiger partial charge in [-0.25, -0.2) is 13.8 Å². The Balaban J connectivity index is 1.82. The molecular formula is C23H19ClF3N3O3S. The molecule has 0 aromatic heterocycles. The Morgan fingerprint density at radius 3 is 2.38 bits per heavy atom. The Hall–Kier alpha value is -3.37. The standard InChI is InChI=1S/C23H19ClF3N3O3S/c1-16-8-10-21(11-9-16)34(32,33)30(20-7-3-6-19(24)13-20)15-22(31)29-28-14-17-4-2-5-18(12-17)23(25,26)27/h2-14H,15H2,1H3,(H,29,31)/b28-14+. The largest absolute Gasteiger partial charge is 0.416 e. The molecule has 0 aliphatic rings. The number of sulfonamides is 1. The van der Waals surface area contributed by atoms with Gasteiger partial charge in [-0.15, -0.1) is 0 Å². The molecule has 0 saturated heterocycles. The molecular weight excluding hydrogens is 491 g/mol. The van der Waals surface area contributed by atoms with E-state index >= 15 is 0 Å². The van der Waals surface area contributed by atoms with Crippen molar-refractivity contribution in [3.63, 3.8) is 0 Å². The van der Waals surface area contributed by atoms with Gasteiger partial charge in [0, 0.05) is 5.02 Å². The van der Waals surface area contributed by atoms with Crippen LogP contribution in [0.1, 0.15) is 16.7 Å². The van der Waals surface area contributed by atoms with Crippen LogP contribution < -0.4 is 9.73 Å². The minimum absolute atomic E-state index is 0.0293. The van der Waals surface area contributed by atoms with Crippen LogP contribution in [0.5, 0.6) is 0 Å². The van der Waals surface area contributed by atoms with Gasteiger partial charge in [0.05, 0.1) is 22.4 Å². The molecule has 0 saturated carbocycles. The second-order valence-electron chi connectivity index (χ2n) is 7.22. The molecule has 34 heavy (non-hydrogen) atoms. The molecule has 3 aromatic carbocycles. The first-order valence-electron chi connectivity index (χ1n) is 9.81. The van der Waals surface area contributed by atoms with Gasteiger partial charge in [0.25, 0.3) is 15.9 Å². The van der Waals surface area contributed by atoms with Crippen LogP contribution in [0.2, 0.25) is 5.02 Å². The van der Waals surface area contributed by atoms with Crippen LogP contribution in [0, 0.1) is 6.92 Å². The molecule has 1 N–H and O–H groups in total. The SMILES string of the molecule is Cc1ccc(S(=O)(=O)N(CC(=O)N/N=C/c2cccc(C(F)(F)F)c2)c2cccc(Cl)c2)cc1. The molecule has 0 spiro atoms. The van der Waals surface area contributed by atoms with Gasteiger partial charge in [-0.3, -0.25) is 9.10 Å². The Bertz CT molecular complexity index is 1310. The molecule has 178 valence electrons. The number of nitrogens with zero attached hydrogens (tertiary/aromatic N) is 2. The fourth-order valence-electron chi connectivity index (χ4n) is 2.92. The highest BCUT2D eigenvalue weighted by Crippen LogP contribution is 2.29. The molecule has 0 radical (unpaired) electrons. The number of alkyl halides is 3. The van der Waals surface area contributed by atoms with Crippen LogP contribution in [0.3, 0.4) is 0 Å². The fourth-order valence-corrected chi connectivity index (χ4v) is 4.52. The number of aryl methyl sites for hydroxylation is 1. The first kappa shape index (κ1) is 25.3. The van der Waals surface area contributed by atoms with Crippen LogP contribution >= 0.6 is 11.6 Å². The van der Waals surface area contributed by atoms with Crippen molar-refractivity contribution in [3.8, 4) is 0 Å². The van der Waals surface area contributed by atoms with Gasteiger partial charge in [0.15, 0.2) is 0 Å². The minimum Gasteiger partial charge on any atom is -0.271 e. The summed E-state index contributed by atoms with van der Waals surface area (Å²) in [5.41, 5.74) is 2.40. The van der Waals surface area contributed by atoms with Gasteiger partial charge in [-0.05, 0) is 55.0 Å². The summed E-state index contributed by atoms with van der Waals surface area (Å²) in [5, 5.41) is 3.92. The first-order valence-corrected chi connectivity index (χ1v) is 11.6. The molecule has 6 nitrogen and oxygen atoms in total. The van der Waals surface area contributed by atoms with Gasteiger partial charge < -0.3 is 0 Å². The van der Waals surface area contributed by atoms with Crippen molar-refractivity contribution < 1.29 is 26.4 Å². The molecule has 11 heteroatoms. The molecule has 1 amide bonds. The molecule has 3 rings (SSSR count). The van der Waals surface area contributed by atoms with Crippen molar-refractivity contribution >= 4 is 39.4 Å². The van der Waals surface area contributed by atoms with Gasteiger partial charge in [-0.1, -0.05) is 47.5 Å². The maximum Gasteiger partial charge on any atom is 0.416 e. The molecule has 0 heterocycles. The second kappa shape index (κ2) is 10.3. The lowest BCUT2D eigenvalue weighted by molar-refractivity contribution is -0.137. The number of halogens is 4. The predicted octanol–water partition coefficient (Wildman–Crippen LogP) is 5.01. The number of rotatable bonds is 7. The van der Waals surface area contributed by atoms with E-state index in [0.717, 1.165) is 28.2 Å². The van der Waals surface area contributed by atoms with Gasteiger partial charge >= 0.3 is 6.18 Å². The Morgan fingerprint density at radius 2 is 1.74 bits per heavy atom. The van der Waals surface area contributed by atoms with Crippen LogP contribution in [-0.2, 0) is 21.0 Å². The zero-order chi connectivity index (χ0) is 24.9. The summed E-state index contributed by atoms with van der Waals surface area (Å²) in [6, 6.07) is 16.4. The van der Waals surface area contributed by atoms with E-state index in [4.69, 9.17) is 11.6 Å². The highest BCUT2D eigenvalue weighted by atomic mass is 35.5. The second-order valence-corrected chi connectivity index (χ2v) is 9.52. The Morgan fingerprint density at radius 1 is 1.06 bits per heavy atom. The van der Waals surface area contributed by atoms with Crippen molar-refractivity contribution in [1.29, 1.82) is 0 Å². The smallest absolute Gasteiger partial charge is 0.271 e. The Labute approximate surface area is 199 Å². The highest BCUT2D eigenvalue weighted by Gasteiger charge is 2.30. The van der Waals surface area contributed by atoms with Crippen molar-refractivity contribution in [2.45, 2.75) is 18.0 Å². The number of benzene rings is 3. The quantitative estimate of drug-likeness (QED) is 0.359. The summed E-state index contributed by atoms with van der Waals surface area (Å²) in [6.07, 6.45) is -3.49. The molecule has 0 bridgehead atoms. The van der Waals surface area contributed by atoms with E-state index in [-0.39, 0.29) is 21.2 Å². The lowest BCUT2D eigenvalue weighted by Crippen LogP contribution is -2.39. The highest BCUT2D eigenvalue weighted by molar-refractivity contribution is 7.92. The maximum absolute atomic E-state index is 13.3. The minimum atomic E-state index is -4.52. The van der Waals surface area contributed by atoms with E-state index < -0.39 is 34.2 Å². The van der Waals surface area contributed by atoms with Crippen molar-refractivity contribution in [1.82, 2.24) is 5.43 Å². The molecule has 0 aliphatic heterocycles. The van der Waals surface area contributed by atoms with Crippen LogP contribution in [0.4, 0.5) is 18.9 Å². The maximum atomic E-state index is 13.3. The van der Waals surface area contributed by atoms with Gasteiger partial charge in [0.1, 0.15) is 6.54 Å². The van der Waals surface area contributed by atoms with Crippen molar-refractivity contribution in [2.75, 3.05) is 10.8 Å².